The van der Waals surface area contributed by atoms with Crippen LogP contribution in [0.15, 0.2) is 51.6 Å². The molecule has 0 bridgehead atoms. The normalized spacial score (nSPS) is 11.2. The maximum absolute atomic E-state index is 5.65. The molecule has 0 unspecified atom stereocenters. The first-order valence-electron chi connectivity index (χ1n) is 6.95. The number of rotatable bonds is 2. The predicted octanol–water partition coefficient (Wildman–Crippen LogP) is 4.16. The van der Waals surface area contributed by atoms with E-state index in [0.717, 1.165) is 33.4 Å². The van der Waals surface area contributed by atoms with E-state index in [1.807, 2.05) is 37.3 Å². The third-order valence-corrected chi connectivity index (χ3v) is 3.55. The summed E-state index contributed by atoms with van der Waals surface area (Å²) in [7, 11) is 0. The van der Waals surface area contributed by atoms with Crippen LogP contribution in [0.5, 0.6) is 0 Å². The van der Waals surface area contributed by atoms with Crippen LogP contribution >= 0.6 is 0 Å². The van der Waals surface area contributed by atoms with Crippen molar-refractivity contribution >= 4 is 11.0 Å². The lowest BCUT2D eigenvalue weighted by molar-refractivity contribution is 0.533. The topological polar surface area (TPSA) is 65.0 Å². The lowest BCUT2D eigenvalue weighted by Crippen LogP contribution is -1.82. The number of benzene rings is 1. The summed E-state index contributed by atoms with van der Waals surface area (Å²) in [6, 6.07) is 9.85. The summed E-state index contributed by atoms with van der Waals surface area (Å²) in [4.78, 5) is 4.23. The molecule has 3 aromatic heterocycles. The van der Waals surface area contributed by atoms with Gasteiger partial charge in [0.05, 0.1) is 6.26 Å². The minimum Gasteiger partial charge on any atom is -0.464 e. The molecular weight excluding hydrogens is 278 g/mol. The van der Waals surface area contributed by atoms with Crippen LogP contribution in [0.25, 0.3) is 33.6 Å². The average Bonchev–Trinajstić information content (AvgIpc) is 3.12. The molecule has 4 aromatic rings. The van der Waals surface area contributed by atoms with E-state index >= 15 is 0 Å². The number of hydrogen-bond donors (Lipinski definition) is 0. The zero-order valence-corrected chi connectivity index (χ0v) is 12.2. The molecule has 22 heavy (non-hydrogen) atoms. The fourth-order valence-electron chi connectivity index (χ4n) is 2.51. The standard InChI is InChI=1S/C17H13N3O2/c1-10-7-12(5-6-18-10)15-9-21-16-4-3-13(8-14(15)16)17-20-19-11(2)22-17/h3-9H,1-2H3. The van der Waals surface area contributed by atoms with E-state index < -0.39 is 0 Å². The molecular formula is C17H13N3O2. The SMILES string of the molecule is Cc1cc(-c2coc3ccc(-c4nnc(C)o4)cc23)ccn1. The van der Waals surface area contributed by atoms with Gasteiger partial charge in [-0.3, -0.25) is 4.98 Å². The quantitative estimate of drug-likeness (QED) is 0.554. The Morgan fingerprint density at radius 3 is 2.64 bits per heavy atom. The van der Waals surface area contributed by atoms with E-state index in [0.29, 0.717) is 11.8 Å². The molecule has 5 heteroatoms. The number of hydrogen-bond acceptors (Lipinski definition) is 5. The fourth-order valence-corrected chi connectivity index (χ4v) is 2.51. The molecule has 4 rings (SSSR count). The summed E-state index contributed by atoms with van der Waals surface area (Å²) in [6.07, 6.45) is 3.57. The Morgan fingerprint density at radius 2 is 1.86 bits per heavy atom. The van der Waals surface area contributed by atoms with Crippen LogP contribution in [0.2, 0.25) is 0 Å². The van der Waals surface area contributed by atoms with Crippen molar-refractivity contribution in [2.24, 2.45) is 0 Å². The zero-order valence-electron chi connectivity index (χ0n) is 12.2. The van der Waals surface area contributed by atoms with Gasteiger partial charge < -0.3 is 8.83 Å². The zero-order chi connectivity index (χ0) is 15.1. The second-order valence-corrected chi connectivity index (χ2v) is 5.17. The molecule has 108 valence electrons. The molecule has 0 fully saturated rings. The highest BCUT2D eigenvalue weighted by Crippen LogP contribution is 2.33. The minimum absolute atomic E-state index is 0.512. The van der Waals surface area contributed by atoms with E-state index in [9.17, 15) is 0 Å². The number of fused-ring (bicyclic) bond motifs is 1. The molecule has 0 aliphatic heterocycles. The lowest BCUT2D eigenvalue weighted by Gasteiger charge is -2.01. The van der Waals surface area contributed by atoms with Gasteiger partial charge in [-0.15, -0.1) is 10.2 Å². The van der Waals surface area contributed by atoms with Gasteiger partial charge in [0.25, 0.3) is 0 Å². The average molecular weight is 291 g/mol. The van der Waals surface area contributed by atoms with Crippen LogP contribution in [-0.4, -0.2) is 15.2 Å². The van der Waals surface area contributed by atoms with Crippen molar-refractivity contribution < 1.29 is 8.83 Å². The van der Waals surface area contributed by atoms with Crippen LogP contribution in [0.1, 0.15) is 11.6 Å². The molecule has 0 atom stereocenters. The first-order chi connectivity index (χ1) is 10.7. The Bertz CT molecular complexity index is 969. The highest BCUT2D eigenvalue weighted by Gasteiger charge is 2.12. The third-order valence-electron chi connectivity index (χ3n) is 3.55. The Hall–Kier alpha value is -2.95. The highest BCUT2D eigenvalue weighted by molar-refractivity contribution is 5.96. The molecule has 0 saturated carbocycles. The summed E-state index contributed by atoms with van der Waals surface area (Å²) in [5.74, 6) is 1.06. The Kier molecular flexibility index (Phi) is 2.79. The van der Waals surface area contributed by atoms with Gasteiger partial charge in [0.15, 0.2) is 0 Å². The molecule has 0 aliphatic rings. The number of furan rings is 1. The summed E-state index contributed by atoms with van der Waals surface area (Å²) < 4.78 is 11.1. The molecule has 1 aromatic carbocycles. The minimum atomic E-state index is 0.512. The van der Waals surface area contributed by atoms with Crippen molar-refractivity contribution in [3.8, 4) is 22.6 Å². The van der Waals surface area contributed by atoms with Crippen molar-refractivity contribution in [3.63, 3.8) is 0 Å². The summed E-state index contributed by atoms with van der Waals surface area (Å²) in [5.41, 5.74) is 4.77. The van der Waals surface area contributed by atoms with Crippen molar-refractivity contribution in [1.29, 1.82) is 0 Å². The Morgan fingerprint density at radius 1 is 0.955 bits per heavy atom. The van der Waals surface area contributed by atoms with Crippen molar-refractivity contribution in [2.75, 3.05) is 0 Å². The Balaban J connectivity index is 1.90. The Labute approximate surface area is 126 Å². The number of aryl methyl sites for hydroxylation is 2. The smallest absolute Gasteiger partial charge is 0.247 e. The van der Waals surface area contributed by atoms with Gasteiger partial charge in [-0.05, 0) is 42.8 Å². The summed E-state index contributed by atoms with van der Waals surface area (Å²) in [6.45, 7) is 3.75. The second kappa shape index (κ2) is 4.80. The van der Waals surface area contributed by atoms with Gasteiger partial charge in [0.1, 0.15) is 5.58 Å². The van der Waals surface area contributed by atoms with Crippen molar-refractivity contribution in [1.82, 2.24) is 15.2 Å². The molecule has 0 saturated heterocycles. The molecule has 0 spiro atoms. The van der Waals surface area contributed by atoms with Crippen molar-refractivity contribution in [2.45, 2.75) is 13.8 Å². The molecule has 0 amide bonds. The summed E-state index contributed by atoms with van der Waals surface area (Å²) in [5, 5.41) is 8.95. The van der Waals surface area contributed by atoms with E-state index in [-0.39, 0.29) is 0 Å². The monoisotopic (exact) mass is 291 g/mol. The predicted molar refractivity (Wildman–Crippen MR) is 82.2 cm³/mol. The summed E-state index contributed by atoms with van der Waals surface area (Å²) >= 11 is 0. The van der Waals surface area contributed by atoms with Crippen LogP contribution in [-0.2, 0) is 0 Å². The van der Waals surface area contributed by atoms with E-state index in [4.69, 9.17) is 8.83 Å². The van der Waals surface area contributed by atoms with Gasteiger partial charge in [-0.25, -0.2) is 0 Å². The van der Waals surface area contributed by atoms with Gasteiger partial charge in [0.2, 0.25) is 11.8 Å². The molecule has 0 N–H and O–H groups in total. The van der Waals surface area contributed by atoms with E-state index in [1.54, 1.807) is 19.4 Å². The van der Waals surface area contributed by atoms with Crippen LogP contribution in [0, 0.1) is 13.8 Å². The fraction of sp³-hybridized carbons (Fsp3) is 0.118. The molecule has 5 nitrogen and oxygen atoms in total. The van der Waals surface area contributed by atoms with Crippen molar-refractivity contribution in [3.05, 3.63) is 54.4 Å². The van der Waals surface area contributed by atoms with E-state index in [2.05, 4.69) is 15.2 Å². The van der Waals surface area contributed by atoms with Crippen LogP contribution in [0.4, 0.5) is 0 Å². The first kappa shape index (κ1) is 12.8. The molecule has 0 radical (unpaired) electrons. The molecule has 3 heterocycles. The van der Waals surface area contributed by atoms with Gasteiger partial charge >= 0.3 is 0 Å². The van der Waals surface area contributed by atoms with Gasteiger partial charge in [-0.2, -0.15) is 0 Å². The van der Waals surface area contributed by atoms with E-state index in [1.165, 1.54) is 0 Å². The highest BCUT2D eigenvalue weighted by atomic mass is 16.4. The number of pyridine rings is 1. The number of aromatic nitrogens is 3. The third kappa shape index (κ3) is 2.07. The second-order valence-electron chi connectivity index (χ2n) is 5.17. The van der Waals surface area contributed by atoms with Crippen LogP contribution in [0.3, 0.4) is 0 Å². The van der Waals surface area contributed by atoms with Gasteiger partial charge in [0, 0.05) is 35.3 Å². The maximum Gasteiger partial charge on any atom is 0.247 e. The first-order valence-corrected chi connectivity index (χ1v) is 6.95. The number of nitrogens with zero attached hydrogens (tertiary/aromatic N) is 3. The van der Waals surface area contributed by atoms with Gasteiger partial charge in [-0.1, -0.05) is 0 Å². The maximum atomic E-state index is 5.65. The lowest BCUT2D eigenvalue weighted by atomic mass is 10.0. The van der Waals surface area contributed by atoms with Crippen LogP contribution < -0.4 is 0 Å². The largest absolute Gasteiger partial charge is 0.464 e. The molecule has 0 aliphatic carbocycles.